The second kappa shape index (κ2) is 20.4. The maximum absolute atomic E-state index is 14.4. The Kier molecular flexibility index (Phi) is 16.0. The third-order valence-electron chi connectivity index (χ3n) is 9.36. The summed E-state index contributed by atoms with van der Waals surface area (Å²) in [6, 6.07) is 9.86. The van der Waals surface area contributed by atoms with Crippen LogP contribution in [-0.4, -0.2) is 85.4 Å². The quantitative estimate of drug-likeness (QED) is 0.0824. The molecule has 0 spiro atoms. The number of pyridine rings is 2. The van der Waals surface area contributed by atoms with E-state index in [0.717, 1.165) is 36.0 Å². The van der Waals surface area contributed by atoms with Crippen molar-refractivity contribution in [2.75, 3.05) is 19.0 Å². The number of halogens is 1. The van der Waals surface area contributed by atoms with E-state index >= 15 is 0 Å². The molecule has 0 radical (unpaired) electrons. The van der Waals surface area contributed by atoms with Crippen LogP contribution >= 0.6 is 22.9 Å². The fraction of sp³-hybridized carbons (Fsp3) is 0.415. The van der Waals surface area contributed by atoms with E-state index in [2.05, 4.69) is 58.3 Å². The van der Waals surface area contributed by atoms with E-state index < -0.39 is 34.6 Å². The molecule has 3 aliphatic rings. The number of ether oxygens (including phenoxy) is 2. The first kappa shape index (κ1) is 44.7. The number of amides is 3. The van der Waals surface area contributed by atoms with E-state index in [4.69, 9.17) is 26.1 Å². The lowest BCUT2D eigenvalue weighted by molar-refractivity contribution is -0.140. The number of benzene rings is 1. The summed E-state index contributed by atoms with van der Waals surface area (Å²) in [5.41, 5.74) is 0.989. The Morgan fingerprint density at radius 1 is 1.11 bits per heavy atom. The number of hydrogen-bond donors (Lipinski definition) is 3. The van der Waals surface area contributed by atoms with E-state index in [1.807, 2.05) is 50.4 Å². The summed E-state index contributed by atoms with van der Waals surface area (Å²) < 4.78 is 24.7. The zero-order valence-electron chi connectivity index (χ0n) is 32.8. The molecule has 1 unspecified atom stereocenters. The van der Waals surface area contributed by atoms with Crippen LogP contribution < -0.4 is 24.8 Å². The molecular formula is C41H50ClN7O6S2. The Hall–Kier alpha value is -5.04. The van der Waals surface area contributed by atoms with Gasteiger partial charge in [-0.3, -0.25) is 24.1 Å². The Morgan fingerprint density at radius 3 is 2.42 bits per heavy atom. The minimum atomic E-state index is -1.08. The molecular weight excluding hydrogens is 786 g/mol. The van der Waals surface area contributed by atoms with Crippen molar-refractivity contribution in [1.29, 1.82) is 0 Å². The smallest absolute Gasteiger partial charge is 0.246 e. The molecule has 3 amide bonds. The maximum atomic E-state index is 14.4. The summed E-state index contributed by atoms with van der Waals surface area (Å²) in [5, 5.41) is 11.3. The molecule has 7 rings (SSSR count). The van der Waals surface area contributed by atoms with Crippen molar-refractivity contribution in [3.8, 4) is 35.9 Å². The van der Waals surface area contributed by atoms with Gasteiger partial charge in [-0.1, -0.05) is 45.4 Å². The normalized spacial score (nSPS) is 20.4. The highest BCUT2D eigenvalue weighted by molar-refractivity contribution is 7.84. The first-order valence-corrected chi connectivity index (χ1v) is 20.8. The molecule has 4 aromatic rings. The van der Waals surface area contributed by atoms with Crippen LogP contribution in [-0.2, 0) is 25.4 Å². The average molecular weight is 836 g/mol. The number of likely N-dealkylation sites (tertiary alicyclic amines) is 1. The molecule has 57 heavy (non-hydrogen) atoms. The highest BCUT2D eigenvalue weighted by Crippen LogP contribution is 2.37. The summed E-state index contributed by atoms with van der Waals surface area (Å²) in [6.45, 7) is 14.3. The van der Waals surface area contributed by atoms with Crippen molar-refractivity contribution < 1.29 is 28.1 Å². The van der Waals surface area contributed by atoms with Gasteiger partial charge in [0.15, 0.2) is 5.13 Å². The van der Waals surface area contributed by atoms with Gasteiger partial charge in [0, 0.05) is 39.8 Å². The highest BCUT2D eigenvalue weighted by atomic mass is 35.5. The molecule has 0 bridgehead atoms. The lowest BCUT2D eigenvalue weighted by atomic mass is 9.85. The van der Waals surface area contributed by atoms with Crippen LogP contribution in [0.5, 0.6) is 11.6 Å². The minimum Gasteiger partial charge on any atom is -0.494 e. The van der Waals surface area contributed by atoms with Crippen molar-refractivity contribution in [3.63, 3.8) is 0 Å². The van der Waals surface area contributed by atoms with Gasteiger partial charge in [-0.2, -0.15) is 0 Å². The SMILES string of the molecule is C#C.C=C.COc1cnc(O[C@@H]2C[C@@H](C(=O)N[C@@H]3C[C@H]3C)N(C(=O)[C@@H](Nc3nc(-c4ccccn4)cs3)C(C)(C)C)C2)c2cc(Cl)ccc12.O=CNS(=O)C1CC1. The topological polar surface area (TPSA) is 165 Å². The first-order chi connectivity index (χ1) is 27.4. The van der Waals surface area contributed by atoms with Crippen molar-refractivity contribution in [2.45, 2.75) is 82.9 Å². The van der Waals surface area contributed by atoms with Crippen LogP contribution in [0.2, 0.25) is 5.02 Å². The molecule has 2 saturated carbocycles. The number of hydrogen-bond acceptors (Lipinski definition) is 11. The van der Waals surface area contributed by atoms with E-state index in [-0.39, 0.29) is 29.7 Å². The number of nitrogens with one attached hydrogen (secondary N) is 3. The molecule has 4 heterocycles. The van der Waals surface area contributed by atoms with Gasteiger partial charge < -0.3 is 25.0 Å². The Morgan fingerprint density at radius 2 is 1.82 bits per heavy atom. The van der Waals surface area contributed by atoms with Gasteiger partial charge in [-0.25, -0.2) is 14.2 Å². The van der Waals surface area contributed by atoms with E-state index in [1.54, 1.807) is 36.5 Å². The zero-order chi connectivity index (χ0) is 41.9. The molecule has 3 fully saturated rings. The van der Waals surface area contributed by atoms with Gasteiger partial charge in [-0.15, -0.1) is 37.3 Å². The Labute approximate surface area is 346 Å². The van der Waals surface area contributed by atoms with Gasteiger partial charge in [0.25, 0.3) is 0 Å². The zero-order valence-corrected chi connectivity index (χ0v) is 35.2. The third-order valence-corrected chi connectivity index (χ3v) is 11.8. The van der Waals surface area contributed by atoms with Gasteiger partial charge >= 0.3 is 0 Å². The van der Waals surface area contributed by atoms with E-state index in [1.165, 1.54) is 11.3 Å². The van der Waals surface area contributed by atoms with E-state index in [0.29, 0.717) is 45.9 Å². The molecule has 1 aromatic carbocycles. The third kappa shape index (κ3) is 11.8. The van der Waals surface area contributed by atoms with Crippen LogP contribution in [0, 0.1) is 24.2 Å². The fourth-order valence-corrected chi connectivity index (χ4v) is 7.85. The summed E-state index contributed by atoms with van der Waals surface area (Å²) in [4.78, 5) is 53.0. The molecule has 1 aliphatic heterocycles. The van der Waals surface area contributed by atoms with Crippen LogP contribution in [0.25, 0.3) is 22.2 Å². The van der Waals surface area contributed by atoms with Gasteiger partial charge in [0.05, 0.1) is 30.8 Å². The summed E-state index contributed by atoms with van der Waals surface area (Å²) >= 11 is 7.75. The molecule has 16 heteroatoms. The monoisotopic (exact) mass is 835 g/mol. The molecule has 3 aromatic heterocycles. The number of terminal acetylenes is 1. The molecule has 6 atom stereocenters. The largest absolute Gasteiger partial charge is 0.494 e. The molecule has 3 N–H and O–H groups in total. The molecule has 13 nitrogen and oxygen atoms in total. The summed E-state index contributed by atoms with van der Waals surface area (Å²) in [5.74, 6) is 1.04. The number of fused-ring (bicyclic) bond motifs is 1. The number of methoxy groups -OCH3 is 1. The molecule has 1 saturated heterocycles. The van der Waals surface area contributed by atoms with Crippen LogP contribution in [0.1, 0.15) is 53.4 Å². The number of carbonyl (C=O) groups excluding carboxylic acids is 3. The lowest BCUT2D eigenvalue weighted by Crippen LogP contribution is -2.54. The van der Waals surface area contributed by atoms with Crippen LogP contribution in [0.15, 0.2) is 67.3 Å². The first-order valence-electron chi connectivity index (χ1n) is 18.3. The van der Waals surface area contributed by atoms with Gasteiger partial charge in [0.2, 0.25) is 24.1 Å². The second-order valence-electron chi connectivity index (χ2n) is 14.6. The number of nitrogens with zero attached hydrogens (tertiary/aromatic N) is 4. The number of thiazole rings is 1. The highest BCUT2D eigenvalue weighted by Gasteiger charge is 2.47. The minimum absolute atomic E-state index is 0.126. The van der Waals surface area contributed by atoms with Gasteiger partial charge in [-0.05, 0) is 60.9 Å². The van der Waals surface area contributed by atoms with Crippen molar-refractivity contribution in [3.05, 3.63) is 72.4 Å². The number of aromatic nitrogens is 3. The number of anilines is 1. The lowest BCUT2D eigenvalue weighted by Gasteiger charge is -2.35. The summed E-state index contributed by atoms with van der Waals surface area (Å²) in [6.07, 6.45) is 14.6. The van der Waals surface area contributed by atoms with Crippen LogP contribution in [0.3, 0.4) is 0 Å². The van der Waals surface area contributed by atoms with Gasteiger partial charge in [0.1, 0.15) is 40.6 Å². The predicted molar refractivity (Wildman–Crippen MR) is 227 cm³/mol. The van der Waals surface area contributed by atoms with Crippen molar-refractivity contribution >= 4 is 68.1 Å². The van der Waals surface area contributed by atoms with E-state index in [9.17, 15) is 18.6 Å². The number of carbonyl (C=O) groups is 3. The van der Waals surface area contributed by atoms with Crippen molar-refractivity contribution in [1.82, 2.24) is 29.9 Å². The predicted octanol–water partition coefficient (Wildman–Crippen LogP) is 6.43. The Bertz CT molecular complexity index is 2040. The summed E-state index contributed by atoms with van der Waals surface area (Å²) in [7, 11) is 0.505. The average Bonchev–Trinajstić information content (AvgIpc) is 4.08. The Balaban J connectivity index is 0.000000524. The molecule has 304 valence electrons. The van der Waals surface area contributed by atoms with Crippen molar-refractivity contribution in [2.24, 2.45) is 11.3 Å². The fourth-order valence-electron chi connectivity index (χ4n) is 6.09. The standard InChI is InChI=1S/C33H37ClN6O4S.C4H7NO2S.C2H4.C2H2/c1-18-12-24(18)37-29(41)26-14-20(44-30-22-13-19(34)9-10-21(22)27(43-5)15-36-30)16-40(26)31(42)28(33(2,3)4)39-32-38-25(17-45-32)23-8-6-7-11-35-23;6-3-5-8(7)4-1-2-4;2*1-2/h6-11,13,15,17-18,20,24,26,28H,12,14,16H2,1-5H3,(H,37,41)(H,38,39);3-4H,1-2H2,(H,5,6);1-2H2;1-2H/t18-,20-,24-,26+,28-;;;/m1.../s1. The van der Waals surface area contributed by atoms with Crippen LogP contribution in [0.4, 0.5) is 5.13 Å². The number of rotatable bonds is 12. The molecule has 2 aliphatic carbocycles. The second-order valence-corrected chi connectivity index (χ2v) is 17.4. The maximum Gasteiger partial charge on any atom is 0.246 e.